The second kappa shape index (κ2) is 6.29. The number of hydrogen-bond donors (Lipinski definition) is 0. The van der Waals surface area contributed by atoms with E-state index in [2.05, 4.69) is 6.07 Å². The molecule has 0 N–H and O–H groups in total. The van der Waals surface area contributed by atoms with Gasteiger partial charge in [0.2, 0.25) is 0 Å². The minimum Gasteiger partial charge on any atom is -0.497 e. The van der Waals surface area contributed by atoms with Gasteiger partial charge in [-0.25, -0.2) is 0 Å². The van der Waals surface area contributed by atoms with Crippen molar-refractivity contribution in [1.29, 1.82) is 5.26 Å². The first-order chi connectivity index (χ1) is 11.2. The molecule has 23 heavy (non-hydrogen) atoms. The van der Waals surface area contributed by atoms with E-state index < -0.39 is 0 Å². The summed E-state index contributed by atoms with van der Waals surface area (Å²) in [5, 5.41) is 9.37. The Morgan fingerprint density at radius 1 is 0.826 bits per heavy atom. The van der Waals surface area contributed by atoms with Crippen LogP contribution in [0.2, 0.25) is 0 Å². The first-order valence-corrected chi connectivity index (χ1v) is 7.08. The molecule has 0 amide bonds. The van der Waals surface area contributed by atoms with Crippen molar-refractivity contribution >= 4 is 0 Å². The molecule has 0 aliphatic heterocycles. The molecule has 1 aromatic heterocycles. The minimum absolute atomic E-state index is 0.501. The Morgan fingerprint density at radius 2 is 1.35 bits per heavy atom. The van der Waals surface area contributed by atoms with E-state index in [1.54, 1.807) is 20.3 Å². The van der Waals surface area contributed by atoms with Crippen LogP contribution in [-0.2, 0) is 0 Å². The number of benzene rings is 2. The van der Waals surface area contributed by atoms with Gasteiger partial charge in [0.05, 0.1) is 19.8 Å². The van der Waals surface area contributed by atoms with Gasteiger partial charge in [0.25, 0.3) is 0 Å². The molecule has 0 aliphatic rings. The average Bonchev–Trinajstić information content (AvgIpc) is 3.06. The van der Waals surface area contributed by atoms with Crippen LogP contribution in [0.25, 0.3) is 22.6 Å². The Balaban J connectivity index is 2.01. The van der Waals surface area contributed by atoms with Crippen LogP contribution in [0.3, 0.4) is 0 Å². The van der Waals surface area contributed by atoms with E-state index >= 15 is 0 Å². The lowest BCUT2D eigenvalue weighted by Gasteiger charge is -2.02. The first kappa shape index (κ1) is 14.7. The van der Waals surface area contributed by atoms with E-state index in [-0.39, 0.29) is 0 Å². The lowest BCUT2D eigenvalue weighted by Crippen LogP contribution is -1.83. The Hall–Kier alpha value is -3.19. The highest BCUT2D eigenvalue weighted by Crippen LogP contribution is 2.33. The normalized spacial score (nSPS) is 10.1. The van der Waals surface area contributed by atoms with Crippen LogP contribution in [0, 0.1) is 11.3 Å². The molecule has 0 radical (unpaired) electrons. The van der Waals surface area contributed by atoms with Crippen molar-refractivity contribution in [3.05, 3.63) is 60.2 Å². The smallest absolute Gasteiger partial charge is 0.152 e. The summed E-state index contributed by atoms with van der Waals surface area (Å²) in [5.41, 5.74) is 2.23. The van der Waals surface area contributed by atoms with Crippen LogP contribution >= 0.6 is 0 Å². The lowest BCUT2D eigenvalue weighted by atomic mass is 10.1. The van der Waals surface area contributed by atoms with Crippen molar-refractivity contribution in [2.45, 2.75) is 0 Å². The summed E-state index contributed by atoms with van der Waals surface area (Å²) in [5.74, 6) is 2.74. The van der Waals surface area contributed by atoms with Crippen LogP contribution in [0.1, 0.15) is 5.56 Å². The van der Waals surface area contributed by atoms with Crippen LogP contribution in [0.15, 0.2) is 59.0 Å². The molecular weight excluding hydrogens is 290 g/mol. The number of ether oxygens (including phenoxy) is 2. The summed E-state index contributed by atoms with van der Waals surface area (Å²) in [6.07, 6.45) is 0. The molecular formula is C19H15NO3. The summed E-state index contributed by atoms with van der Waals surface area (Å²) >= 11 is 0. The quantitative estimate of drug-likeness (QED) is 0.712. The molecule has 3 rings (SSSR count). The van der Waals surface area contributed by atoms with Gasteiger partial charge in [-0.05, 0) is 48.5 Å². The molecule has 2 aromatic carbocycles. The Bertz CT molecular complexity index is 840. The van der Waals surface area contributed by atoms with Gasteiger partial charge in [-0.15, -0.1) is 0 Å². The maximum atomic E-state index is 9.37. The summed E-state index contributed by atoms with van der Waals surface area (Å²) in [4.78, 5) is 0. The third-order valence-electron chi connectivity index (χ3n) is 3.58. The predicted octanol–water partition coefficient (Wildman–Crippen LogP) is 4.50. The summed E-state index contributed by atoms with van der Waals surface area (Å²) in [7, 11) is 3.24. The summed E-state index contributed by atoms with van der Waals surface area (Å²) < 4.78 is 16.2. The van der Waals surface area contributed by atoms with E-state index in [0.717, 1.165) is 22.6 Å². The van der Waals surface area contributed by atoms with Crippen LogP contribution < -0.4 is 9.47 Å². The molecule has 3 aromatic rings. The zero-order valence-electron chi connectivity index (χ0n) is 12.9. The Kier molecular flexibility index (Phi) is 4.03. The van der Waals surface area contributed by atoms with E-state index in [9.17, 15) is 5.26 Å². The predicted molar refractivity (Wildman–Crippen MR) is 87.4 cm³/mol. The van der Waals surface area contributed by atoms with Crippen molar-refractivity contribution in [2.75, 3.05) is 14.2 Å². The number of methoxy groups -OCH3 is 2. The summed E-state index contributed by atoms with van der Waals surface area (Å²) in [6, 6.07) is 18.9. The Labute approximate surface area is 134 Å². The third kappa shape index (κ3) is 2.90. The van der Waals surface area contributed by atoms with Gasteiger partial charge >= 0.3 is 0 Å². The molecule has 1 heterocycles. The summed E-state index contributed by atoms with van der Waals surface area (Å²) in [6.45, 7) is 0. The highest BCUT2D eigenvalue weighted by atomic mass is 16.5. The maximum Gasteiger partial charge on any atom is 0.152 e. The molecule has 0 fully saturated rings. The van der Waals surface area contributed by atoms with Crippen LogP contribution in [0.5, 0.6) is 11.5 Å². The molecule has 0 unspecified atom stereocenters. The lowest BCUT2D eigenvalue weighted by molar-refractivity contribution is 0.415. The van der Waals surface area contributed by atoms with Crippen molar-refractivity contribution in [3.63, 3.8) is 0 Å². The topological polar surface area (TPSA) is 55.4 Å². The van der Waals surface area contributed by atoms with Crippen LogP contribution in [0.4, 0.5) is 0 Å². The number of furan rings is 1. The minimum atomic E-state index is 0.501. The molecule has 0 saturated carbocycles. The van der Waals surface area contributed by atoms with Crippen molar-refractivity contribution < 1.29 is 13.9 Å². The highest BCUT2D eigenvalue weighted by molar-refractivity contribution is 5.71. The Morgan fingerprint density at radius 3 is 1.83 bits per heavy atom. The monoisotopic (exact) mass is 305 g/mol. The van der Waals surface area contributed by atoms with Gasteiger partial charge in [-0.2, -0.15) is 5.26 Å². The number of hydrogen-bond acceptors (Lipinski definition) is 4. The maximum absolute atomic E-state index is 9.37. The number of nitrogens with zero attached hydrogens (tertiary/aromatic N) is 1. The third-order valence-corrected chi connectivity index (χ3v) is 3.58. The SMILES string of the molecule is COc1ccc(-c2cc(C#N)c(-c3ccc(OC)cc3)o2)cc1. The fourth-order valence-electron chi connectivity index (χ4n) is 2.33. The molecule has 114 valence electrons. The van der Waals surface area contributed by atoms with Gasteiger partial charge in [-0.1, -0.05) is 0 Å². The zero-order valence-corrected chi connectivity index (χ0v) is 12.9. The van der Waals surface area contributed by atoms with E-state index in [4.69, 9.17) is 13.9 Å². The van der Waals surface area contributed by atoms with Crippen molar-refractivity contribution in [1.82, 2.24) is 0 Å². The van der Waals surface area contributed by atoms with Gasteiger partial charge < -0.3 is 13.9 Å². The van der Waals surface area contributed by atoms with E-state index in [1.807, 2.05) is 48.5 Å². The average molecular weight is 305 g/mol. The fourth-order valence-corrected chi connectivity index (χ4v) is 2.33. The second-order valence-electron chi connectivity index (χ2n) is 4.92. The molecule has 0 aliphatic carbocycles. The number of rotatable bonds is 4. The first-order valence-electron chi connectivity index (χ1n) is 7.08. The van der Waals surface area contributed by atoms with E-state index in [0.29, 0.717) is 17.1 Å². The van der Waals surface area contributed by atoms with Gasteiger partial charge in [0, 0.05) is 17.2 Å². The van der Waals surface area contributed by atoms with Gasteiger partial charge in [-0.3, -0.25) is 0 Å². The molecule has 0 saturated heterocycles. The largest absolute Gasteiger partial charge is 0.497 e. The van der Waals surface area contributed by atoms with Crippen LogP contribution in [-0.4, -0.2) is 14.2 Å². The van der Waals surface area contributed by atoms with E-state index in [1.165, 1.54) is 0 Å². The fraction of sp³-hybridized carbons (Fsp3) is 0.105. The zero-order chi connectivity index (χ0) is 16.2. The second-order valence-corrected chi connectivity index (χ2v) is 4.92. The molecule has 0 bridgehead atoms. The molecule has 4 nitrogen and oxygen atoms in total. The van der Waals surface area contributed by atoms with Crippen molar-refractivity contribution in [2.24, 2.45) is 0 Å². The molecule has 0 atom stereocenters. The molecule has 0 spiro atoms. The number of nitriles is 1. The standard InChI is InChI=1S/C19H15NO3/c1-21-16-7-3-13(4-8-16)18-11-15(12-20)19(23-18)14-5-9-17(22-2)10-6-14/h3-11H,1-2H3. The highest BCUT2D eigenvalue weighted by Gasteiger charge is 2.14. The van der Waals surface area contributed by atoms with Crippen molar-refractivity contribution in [3.8, 4) is 40.2 Å². The molecule has 4 heteroatoms. The van der Waals surface area contributed by atoms with Gasteiger partial charge in [0.1, 0.15) is 23.3 Å². The van der Waals surface area contributed by atoms with Gasteiger partial charge in [0.15, 0.2) is 5.76 Å².